The quantitative estimate of drug-likeness (QED) is 0.302. The molecule has 35 heavy (non-hydrogen) atoms. The lowest BCUT2D eigenvalue weighted by Gasteiger charge is -2.52. The molecule has 3 aliphatic heterocycles. The number of para-hydroxylation sites is 1. The maximum atomic E-state index is 14.6. The van der Waals surface area contributed by atoms with E-state index in [0.717, 1.165) is 60.6 Å². The van der Waals surface area contributed by atoms with Gasteiger partial charge < -0.3 is 19.3 Å². The molecule has 4 heterocycles. The minimum Gasteiger partial charge on any atom is -0.493 e. The van der Waals surface area contributed by atoms with Gasteiger partial charge in [-0.15, -0.1) is 11.3 Å². The Balaban J connectivity index is 1.18. The van der Waals surface area contributed by atoms with Gasteiger partial charge in [0.25, 0.3) is 0 Å². The van der Waals surface area contributed by atoms with Gasteiger partial charge in [-0.2, -0.15) is 0 Å². The summed E-state index contributed by atoms with van der Waals surface area (Å²) in [6.45, 7) is 4.81. The third-order valence-corrected chi connectivity index (χ3v) is 8.33. The molecule has 7 heteroatoms. The lowest BCUT2D eigenvalue weighted by molar-refractivity contribution is -0.946. The molecule has 1 aromatic heterocycles. The summed E-state index contributed by atoms with van der Waals surface area (Å²) in [5.41, 5.74) is 0.447. The number of alkyl carbamates (subject to hydrolysis) is 1. The van der Waals surface area contributed by atoms with Gasteiger partial charge in [-0.25, -0.2) is 9.18 Å². The standard InChI is InChI=1S/C28H31FN2O3S/c29-24-11-5-4-10-23(24)27(26-12-6-19-35-26)30-28(32)34-25-20-31(16-13-21(25)14-17-31)15-7-18-33-22-8-2-1-3-9-22/h1-6,8-12,19,21,25,27H,7,13-18,20H2/p+1/t21?,25-,27?,31?/m0/s1. The van der Waals surface area contributed by atoms with Crippen molar-refractivity contribution in [3.05, 3.63) is 88.4 Å². The average Bonchev–Trinajstić information content (AvgIpc) is 3.42. The predicted molar refractivity (Wildman–Crippen MR) is 135 cm³/mol. The van der Waals surface area contributed by atoms with Gasteiger partial charge in [0.1, 0.15) is 18.1 Å². The van der Waals surface area contributed by atoms with Crippen LogP contribution in [0.3, 0.4) is 0 Å². The molecule has 6 rings (SSSR count). The smallest absolute Gasteiger partial charge is 0.408 e. The number of quaternary nitrogens is 1. The summed E-state index contributed by atoms with van der Waals surface area (Å²) in [6, 6.07) is 19.7. The van der Waals surface area contributed by atoms with Crippen LogP contribution in [0, 0.1) is 11.7 Å². The first kappa shape index (κ1) is 23.8. The number of nitrogens with zero attached hydrogens (tertiary/aromatic N) is 1. The van der Waals surface area contributed by atoms with Crippen molar-refractivity contribution in [2.24, 2.45) is 5.92 Å². The predicted octanol–water partition coefficient (Wildman–Crippen LogP) is 5.78. The number of hydrogen-bond acceptors (Lipinski definition) is 4. The van der Waals surface area contributed by atoms with Crippen LogP contribution in [0.5, 0.6) is 5.75 Å². The van der Waals surface area contributed by atoms with Crippen molar-refractivity contribution in [2.45, 2.75) is 31.4 Å². The van der Waals surface area contributed by atoms with Gasteiger partial charge in [0, 0.05) is 35.6 Å². The van der Waals surface area contributed by atoms with E-state index in [2.05, 4.69) is 5.32 Å². The Morgan fingerprint density at radius 2 is 1.83 bits per heavy atom. The molecule has 3 saturated heterocycles. The van der Waals surface area contributed by atoms with E-state index >= 15 is 0 Å². The zero-order valence-electron chi connectivity index (χ0n) is 19.8. The highest BCUT2D eigenvalue weighted by Gasteiger charge is 2.47. The second kappa shape index (κ2) is 10.8. The second-order valence-electron chi connectivity index (χ2n) is 9.61. The van der Waals surface area contributed by atoms with Gasteiger partial charge in [0.05, 0.1) is 32.3 Å². The largest absolute Gasteiger partial charge is 0.493 e. The van der Waals surface area contributed by atoms with E-state index in [1.807, 2.05) is 47.8 Å². The zero-order chi connectivity index (χ0) is 24.1. The fourth-order valence-electron chi connectivity index (χ4n) is 5.53. The summed E-state index contributed by atoms with van der Waals surface area (Å²) in [6.07, 6.45) is 2.51. The number of carbonyl (C=O) groups excluding carboxylic acids is 1. The van der Waals surface area contributed by atoms with Crippen LogP contribution in [0.4, 0.5) is 9.18 Å². The number of nitrogens with one attached hydrogen (secondary N) is 1. The Kier molecular flexibility index (Phi) is 7.35. The molecule has 2 aromatic carbocycles. The average molecular weight is 496 g/mol. The van der Waals surface area contributed by atoms with E-state index in [-0.39, 0.29) is 11.9 Å². The number of thiophene rings is 1. The molecule has 0 saturated carbocycles. The second-order valence-corrected chi connectivity index (χ2v) is 10.6. The summed E-state index contributed by atoms with van der Waals surface area (Å²) < 4.78 is 27.4. The third-order valence-electron chi connectivity index (χ3n) is 7.39. The van der Waals surface area contributed by atoms with Gasteiger partial charge in [-0.05, 0) is 29.6 Å². The number of ether oxygens (including phenoxy) is 2. The number of rotatable bonds is 9. The summed E-state index contributed by atoms with van der Waals surface area (Å²) >= 11 is 1.49. The minimum absolute atomic E-state index is 0.114. The number of amides is 1. The van der Waals surface area contributed by atoms with Crippen LogP contribution in [0.15, 0.2) is 72.1 Å². The number of piperidine rings is 3. The number of fused-ring (bicyclic) bond motifs is 3. The summed E-state index contributed by atoms with van der Waals surface area (Å²) in [7, 11) is 0. The van der Waals surface area contributed by atoms with Gasteiger partial charge in [-0.1, -0.05) is 42.5 Å². The highest BCUT2D eigenvalue weighted by Crippen LogP contribution is 2.36. The van der Waals surface area contributed by atoms with E-state index < -0.39 is 12.1 Å². The molecule has 2 atom stereocenters. The Hall–Kier alpha value is -2.90. The molecular formula is C28H32FN2O3S+. The van der Waals surface area contributed by atoms with Gasteiger partial charge >= 0.3 is 6.09 Å². The molecule has 184 valence electrons. The molecule has 1 unspecified atom stereocenters. The lowest BCUT2D eigenvalue weighted by atomic mass is 9.83. The topological polar surface area (TPSA) is 47.6 Å². The van der Waals surface area contributed by atoms with Crippen molar-refractivity contribution in [1.82, 2.24) is 5.32 Å². The van der Waals surface area contributed by atoms with Crippen molar-refractivity contribution in [3.8, 4) is 5.75 Å². The molecule has 1 amide bonds. The first-order valence-corrected chi connectivity index (χ1v) is 13.3. The van der Waals surface area contributed by atoms with E-state index in [9.17, 15) is 9.18 Å². The molecule has 3 fully saturated rings. The van der Waals surface area contributed by atoms with Crippen molar-refractivity contribution in [3.63, 3.8) is 0 Å². The molecule has 0 spiro atoms. The maximum Gasteiger partial charge on any atom is 0.408 e. The first-order valence-electron chi connectivity index (χ1n) is 12.4. The van der Waals surface area contributed by atoms with Gasteiger partial charge in [0.15, 0.2) is 6.10 Å². The Morgan fingerprint density at radius 1 is 1.06 bits per heavy atom. The molecule has 3 aliphatic rings. The van der Waals surface area contributed by atoms with Crippen LogP contribution in [-0.4, -0.2) is 49.5 Å². The zero-order valence-corrected chi connectivity index (χ0v) is 20.6. The van der Waals surface area contributed by atoms with Crippen LogP contribution >= 0.6 is 11.3 Å². The van der Waals surface area contributed by atoms with Crippen molar-refractivity contribution >= 4 is 17.4 Å². The normalized spacial score (nSPS) is 24.0. The third kappa shape index (κ3) is 5.68. The Morgan fingerprint density at radius 3 is 2.57 bits per heavy atom. The minimum atomic E-state index is -0.567. The fourth-order valence-corrected chi connectivity index (χ4v) is 6.33. The van der Waals surface area contributed by atoms with E-state index in [4.69, 9.17) is 9.47 Å². The Bertz CT molecular complexity index is 1100. The monoisotopic (exact) mass is 495 g/mol. The van der Waals surface area contributed by atoms with Crippen molar-refractivity contribution < 1.29 is 23.1 Å². The summed E-state index contributed by atoms with van der Waals surface area (Å²) in [4.78, 5) is 13.9. The first-order chi connectivity index (χ1) is 17.1. The molecule has 5 nitrogen and oxygen atoms in total. The molecular weight excluding hydrogens is 463 g/mol. The van der Waals surface area contributed by atoms with E-state index in [1.165, 1.54) is 17.4 Å². The highest BCUT2D eigenvalue weighted by atomic mass is 32.1. The van der Waals surface area contributed by atoms with Gasteiger partial charge in [-0.3, -0.25) is 0 Å². The fraction of sp³-hybridized carbons (Fsp3) is 0.393. The van der Waals surface area contributed by atoms with Crippen molar-refractivity contribution in [2.75, 3.05) is 32.8 Å². The van der Waals surface area contributed by atoms with Crippen LogP contribution < -0.4 is 10.1 Å². The van der Waals surface area contributed by atoms with Gasteiger partial charge in [0.2, 0.25) is 0 Å². The SMILES string of the molecule is O=C(NC(c1cccs1)c1ccccc1F)O[C@H]1C[N+]2(CCCOc3ccccc3)CCC1CC2. The van der Waals surface area contributed by atoms with Crippen LogP contribution in [0.25, 0.3) is 0 Å². The molecule has 0 aliphatic carbocycles. The lowest BCUT2D eigenvalue weighted by Crippen LogP contribution is -2.65. The number of carbonyl (C=O) groups is 1. The number of hydrogen-bond donors (Lipinski definition) is 1. The number of halogens is 1. The van der Waals surface area contributed by atoms with Crippen LogP contribution in [0.1, 0.15) is 35.7 Å². The van der Waals surface area contributed by atoms with Crippen molar-refractivity contribution in [1.29, 1.82) is 0 Å². The summed E-state index contributed by atoms with van der Waals surface area (Å²) in [5.74, 6) is 0.962. The van der Waals surface area contributed by atoms with Crippen LogP contribution in [-0.2, 0) is 4.74 Å². The molecule has 3 aromatic rings. The molecule has 1 N–H and O–H groups in total. The molecule has 2 bridgehead atoms. The molecule has 0 radical (unpaired) electrons. The van der Waals surface area contributed by atoms with E-state index in [0.29, 0.717) is 18.1 Å². The number of benzene rings is 2. The van der Waals surface area contributed by atoms with E-state index in [1.54, 1.807) is 18.2 Å². The van der Waals surface area contributed by atoms with Crippen LogP contribution in [0.2, 0.25) is 0 Å². The Labute approximate surface area is 210 Å². The summed E-state index contributed by atoms with van der Waals surface area (Å²) in [5, 5.41) is 4.88. The highest BCUT2D eigenvalue weighted by molar-refractivity contribution is 7.10. The maximum absolute atomic E-state index is 14.6.